The van der Waals surface area contributed by atoms with Crippen molar-refractivity contribution in [3.8, 4) is 17.0 Å². The first-order valence-electron chi connectivity index (χ1n) is 12.0. The number of methoxy groups -OCH3 is 1. The molecule has 2 aromatic heterocycles. The number of halogens is 4. The number of aromatic nitrogens is 3. The van der Waals surface area contributed by atoms with Gasteiger partial charge in [0, 0.05) is 22.1 Å². The van der Waals surface area contributed by atoms with Crippen molar-refractivity contribution in [3.05, 3.63) is 82.7 Å². The molecule has 1 amide bonds. The van der Waals surface area contributed by atoms with Gasteiger partial charge < -0.3 is 20.3 Å². The third-order valence-corrected chi connectivity index (χ3v) is 6.32. The van der Waals surface area contributed by atoms with Crippen LogP contribution in [0.4, 0.5) is 17.6 Å². The highest BCUT2D eigenvalue weighted by molar-refractivity contribution is 5.99. The molecule has 210 valence electrons. The summed E-state index contributed by atoms with van der Waals surface area (Å²) in [6.45, 7) is 3.13. The maximum Gasteiger partial charge on any atom is 0.274 e. The van der Waals surface area contributed by atoms with Gasteiger partial charge in [-0.05, 0) is 69.3 Å². The molecule has 0 saturated carbocycles. The van der Waals surface area contributed by atoms with Gasteiger partial charge in [-0.25, -0.2) is 22.5 Å². The Hall–Kier alpha value is -4.16. The highest BCUT2D eigenvalue weighted by Crippen LogP contribution is 2.36. The van der Waals surface area contributed by atoms with Crippen LogP contribution in [0.3, 0.4) is 0 Å². The molecule has 1 unspecified atom stereocenters. The average Bonchev–Trinajstić information content (AvgIpc) is 2.90. The molecule has 0 spiro atoms. The Kier molecular flexibility index (Phi) is 7.77. The minimum atomic E-state index is -3.49. The molecular formula is C28H26F4N4O4. The number of nitrogens with one attached hydrogen (secondary N) is 1. The molecule has 0 fully saturated rings. The van der Waals surface area contributed by atoms with E-state index >= 15 is 4.39 Å². The fourth-order valence-electron chi connectivity index (χ4n) is 4.11. The van der Waals surface area contributed by atoms with Crippen molar-refractivity contribution < 1.29 is 37.3 Å². The Balaban J connectivity index is 1.75. The minimum Gasteiger partial charge on any atom is -0.494 e. The van der Waals surface area contributed by atoms with E-state index in [1.165, 1.54) is 45.2 Å². The standard InChI is InChI=1S/C28H26F4N4O4/c1-14-9-16-10-17(11-20(40-4)23(16)36-35-14)25(37)33-13-28(39,26(31)32)21-12-19(27(2,3)38)22(30)24(34-21)15-5-7-18(29)8-6-15/h5-12,26,38-39H,13H2,1-4H3,(H,33,37). The normalized spacial score (nSPS) is 13.4. The van der Waals surface area contributed by atoms with Crippen LogP contribution >= 0.6 is 0 Å². The summed E-state index contributed by atoms with van der Waals surface area (Å²) in [5.41, 5.74) is -5.58. The van der Waals surface area contributed by atoms with Crippen molar-refractivity contribution in [3.63, 3.8) is 0 Å². The molecule has 4 aromatic rings. The number of aryl methyl sites for hydroxylation is 1. The summed E-state index contributed by atoms with van der Waals surface area (Å²) in [5.74, 6) is -2.26. The monoisotopic (exact) mass is 558 g/mol. The fraction of sp³-hybridized carbons (Fsp3) is 0.286. The van der Waals surface area contributed by atoms with E-state index in [9.17, 15) is 28.2 Å². The molecule has 8 nitrogen and oxygen atoms in total. The molecule has 2 heterocycles. The molecular weight excluding hydrogens is 532 g/mol. The summed E-state index contributed by atoms with van der Waals surface area (Å²) in [6, 6.07) is 9.70. The minimum absolute atomic E-state index is 0.0218. The van der Waals surface area contributed by atoms with Crippen LogP contribution in [-0.2, 0) is 11.2 Å². The van der Waals surface area contributed by atoms with Crippen LogP contribution in [0, 0.1) is 18.6 Å². The first-order chi connectivity index (χ1) is 18.7. The van der Waals surface area contributed by atoms with Gasteiger partial charge >= 0.3 is 0 Å². The van der Waals surface area contributed by atoms with Crippen LogP contribution < -0.4 is 10.1 Å². The fourth-order valence-corrected chi connectivity index (χ4v) is 4.11. The van der Waals surface area contributed by atoms with E-state index < -0.39 is 58.7 Å². The molecule has 0 aliphatic heterocycles. The molecule has 0 bridgehead atoms. The molecule has 0 radical (unpaired) electrons. The van der Waals surface area contributed by atoms with Crippen molar-refractivity contribution in [2.45, 2.75) is 38.4 Å². The third kappa shape index (κ3) is 5.58. The lowest BCUT2D eigenvalue weighted by Gasteiger charge is -2.30. The van der Waals surface area contributed by atoms with E-state index in [1.54, 1.807) is 13.0 Å². The van der Waals surface area contributed by atoms with Crippen LogP contribution in [0.25, 0.3) is 22.2 Å². The third-order valence-electron chi connectivity index (χ3n) is 6.32. The van der Waals surface area contributed by atoms with Crippen molar-refractivity contribution in [2.24, 2.45) is 0 Å². The molecule has 40 heavy (non-hydrogen) atoms. The van der Waals surface area contributed by atoms with Crippen molar-refractivity contribution in [2.75, 3.05) is 13.7 Å². The second-order valence-corrected chi connectivity index (χ2v) is 9.79. The Morgan fingerprint density at radius 1 is 1.05 bits per heavy atom. The van der Waals surface area contributed by atoms with Crippen LogP contribution in [0.5, 0.6) is 5.75 Å². The van der Waals surface area contributed by atoms with E-state index in [0.717, 1.165) is 18.2 Å². The van der Waals surface area contributed by atoms with Crippen LogP contribution in [0.15, 0.2) is 48.5 Å². The highest BCUT2D eigenvalue weighted by atomic mass is 19.3. The van der Waals surface area contributed by atoms with E-state index in [4.69, 9.17) is 4.74 Å². The molecule has 0 aliphatic carbocycles. The lowest BCUT2D eigenvalue weighted by atomic mass is 9.90. The Morgan fingerprint density at radius 3 is 2.33 bits per heavy atom. The lowest BCUT2D eigenvalue weighted by molar-refractivity contribution is -0.101. The maximum atomic E-state index is 15.4. The Labute approximate surface area is 226 Å². The number of nitrogens with zero attached hydrogens (tertiary/aromatic N) is 3. The van der Waals surface area contributed by atoms with Crippen molar-refractivity contribution >= 4 is 16.8 Å². The van der Waals surface area contributed by atoms with E-state index in [0.29, 0.717) is 16.6 Å². The number of fused-ring (bicyclic) bond motifs is 1. The number of hydrogen-bond donors (Lipinski definition) is 3. The number of pyridine rings is 1. The zero-order valence-electron chi connectivity index (χ0n) is 22.0. The molecule has 0 aliphatic rings. The first-order valence-corrected chi connectivity index (χ1v) is 12.0. The summed E-state index contributed by atoms with van der Waals surface area (Å²) in [5, 5.41) is 32.5. The van der Waals surface area contributed by atoms with Gasteiger partial charge in [0.05, 0.1) is 30.6 Å². The largest absolute Gasteiger partial charge is 0.494 e. The van der Waals surface area contributed by atoms with E-state index in [2.05, 4.69) is 20.5 Å². The second-order valence-electron chi connectivity index (χ2n) is 9.79. The van der Waals surface area contributed by atoms with E-state index in [1.807, 2.05) is 0 Å². The van der Waals surface area contributed by atoms with Crippen molar-refractivity contribution in [1.29, 1.82) is 0 Å². The highest BCUT2D eigenvalue weighted by Gasteiger charge is 2.43. The van der Waals surface area contributed by atoms with E-state index in [-0.39, 0.29) is 16.9 Å². The number of ether oxygens (including phenoxy) is 1. The molecule has 1 atom stereocenters. The Morgan fingerprint density at radius 2 is 1.73 bits per heavy atom. The summed E-state index contributed by atoms with van der Waals surface area (Å²) < 4.78 is 63.0. The smallest absolute Gasteiger partial charge is 0.274 e. The van der Waals surface area contributed by atoms with Gasteiger partial charge in [-0.1, -0.05) is 0 Å². The van der Waals surface area contributed by atoms with Crippen LogP contribution in [0.1, 0.15) is 41.2 Å². The van der Waals surface area contributed by atoms with Gasteiger partial charge in [0.25, 0.3) is 12.3 Å². The molecule has 4 rings (SSSR count). The van der Waals surface area contributed by atoms with Crippen LogP contribution in [0.2, 0.25) is 0 Å². The van der Waals surface area contributed by atoms with Gasteiger partial charge in [-0.15, -0.1) is 5.10 Å². The van der Waals surface area contributed by atoms with Crippen LogP contribution in [-0.4, -0.2) is 51.4 Å². The number of alkyl halides is 2. The summed E-state index contributed by atoms with van der Waals surface area (Å²) in [4.78, 5) is 17.0. The zero-order chi connectivity index (χ0) is 29.4. The SMILES string of the molecule is COc1cc(C(=O)NCC(O)(c2cc(C(C)(C)O)c(F)c(-c3ccc(F)cc3)n2)C(F)F)cc2cc(C)nnc12. The number of benzene rings is 2. The van der Waals surface area contributed by atoms with Gasteiger partial charge in [-0.2, -0.15) is 5.10 Å². The van der Waals surface area contributed by atoms with Gasteiger partial charge in [0.15, 0.2) is 11.4 Å². The molecule has 2 aromatic carbocycles. The zero-order valence-corrected chi connectivity index (χ0v) is 22.0. The number of amides is 1. The summed E-state index contributed by atoms with van der Waals surface area (Å²) in [6.07, 6.45) is -3.49. The number of aliphatic hydroxyl groups is 2. The maximum absolute atomic E-state index is 15.4. The molecule has 0 saturated heterocycles. The molecule has 3 N–H and O–H groups in total. The lowest BCUT2D eigenvalue weighted by Crippen LogP contribution is -2.47. The quantitative estimate of drug-likeness (QED) is 0.275. The summed E-state index contributed by atoms with van der Waals surface area (Å²) >= 11 is 0. The Bertz CT molecular complexity index is 1580. The van der Waals surface area contributed by atoms with Gasteiger partial charge in [0.2, 0.25) is 0 Å². The predicted molar refractivity (Wildman–Crippen MR) is 138 cm³/mol. The number of carbonyl (C=O) groups is 1. The second kappa shape index (κ2) is 10.8. The topological polar surface area (TPSA) is 117 Å². The first kappa shape index (κ1) is 28.8. The van der Waals surface area contributed by atoms with Crippen molar-refractivity contribution in [1.82, 2.24) is 20.5 Å². The van der Waals surface area contributed by atoms with Gasteiger partial charge in [-0.3, -0.25) is 4.79 Å². The van der Waals surface area contributed by atoms with Gasteiger partial charge in [0.1, 0.15) is 22.8 Å². The average molecular weight is 559 g/mol. The molecule has 12 heteroatoms. The summed E-state index contributed by atoms with van der Waals surface area (Å²) in [7, 11) is 1.37. The number of carbonyl (C=O) groups excluding carboxylic acids is 1. The predicted octanol–water partition coefficient (Wildman–Crippen LogP) is 4.40. The number of hydrogen-bond acceptors (Lipinski definition) is 7. The number of rotatable bonds is 8.